The van der Waals surface area contributed by atoms with Crippen molar-refractivity contribution in [2.75, 3.05) is 7.11 Å². The molecule has 0 aliphatic carbocycles. The molecule has 1 aliphatic heterocycles. The maximum absolute atomic E-state index is 11.9. The second-order valence-corrected chi connectivity index (χ2v) is 4.83. The number of ether oxygens (including phenoxy) is 1. The van der Waals surface area contributed by atoms with Gasteiger partial charge in [0.1, 0.15) is 5.92 Å². The fraction of sp³-hybridized carbons (Fsp3) is 0.200. The Morgan fingerprint density at radius 3 is 2.75 bits per heavy atom. The third-order valence-corrected chi connectivity index (χ3v) is 3.28. The van der Waals surface area contributed by atoms with Gasteiger partial charge < -0.3 is 15.4 Å². The van der Waals surface area contributed by atoms with Gasteiger partial charge in [-0.15, -0.1) is 0 Å². The van der Waals surface area contributed by atoms with E-state index in [2.05, 4.69) is 17.2 Å². The number of esters is 1. The van der Waals surface area contributed by atoms with Gasteiger partial charge in [0.05, 0.1) is 13.2 Å². The van der Waals surface area contributed by atoms with Gasteiger partial charge in [-0.2, -0.15) is 0 Å². The molecule has 0 unspecified atom stereocenters. The zero-order valence-corrected chi connectivity index (χ0v) is 11.9. The molecule has 1 aliphatic rings. The number of hydrogen-bond acceptors (Lipinski definition) is 3. The zero-order chi connectivity index (χ0) is 14.5. The molecule has 1 fully saturated rings. The van der Waals surface area contributed by atoms with Crippen LogP contribution in [0.1, 0.15) is 5.56 Å². The van der Waals surface area contributed by atoms with E-state index in [0.29, 0.717) is 10.8 Å². The number of rotatable bonds is 3. The molecule has 0 saturated carbocycles. The van der Waals surface area contributed by atoms with Crippen LogP contribution in [-0.4, -0.2) is 24.2 Å². The van der Waals surface area contributed by atoms with Crippen LogP contribution in [0.3, 0.4) is 0 Å². The number of thiocarbonyl (C=S) groups is 1. The largest absolute Gasteiger partial charge is 0.468 e. The number of hydrogen-bond donors (Lipinski definition) is 2. The highest BCUT2D eigenvalue weighted by molar-refractivity contribution is 7.80. The van der Waals surface area contributed by atoms with Gasteiger partial charge in [-0.3, -0.25) is 4.79 Å². The van der Waals surface area contributed by atoms with Crippen LogP contribution < -0.4 is 10.6 Å². The van der Waals surface area contributed by atoms with E-state index in [9.17, 15) is 4.79 Å². The summed E-state index contributed by atoms with van der Waals surface area (Å²) in [5.41, 5.74) is 1.59. The van der Waals surface area contributed by atoms with Crippen LogP contribution >= 0.6 is 12.2 Å². The van der Waals surface area contributed by atoms with Gasteiger partial charge in [0.2, 0.25) is 0 Å². The van der Waals surface area contributed by atoms with Crippen LogP contribution in [0.5, 0.6) is 0 Å². The normalized spacial score (nSPS) is 22.2. The number of benzene rings is 1. The summed E-state index contributed by atoms with van der Waals surface area (Å²) >= 11 is 5.10. The van der Waals surface area contributed by atoms with E-state index < -0.39 is 5.92 Å². The average molecular weight is 288 g/mol. The first-order valence-electron chi connectivity index (χ1n) is 6.19. The lowest BCUT2D eigenvalue weighted by atomic mass is 9.94. The third kappa shape index (κ3) is 3.24. The molecule has 0 radical (unpaired) electrons. The Kier molecular flexibility index (Phi) is 4.53. The molecule has 104 valence electrons. The van der Waals surface area contributed by atoms with Gasteiger partial charge in [-0.1, -0.05) is 49.1 Å². The van der Waals surface area contributed by atoms with Crippen LogP contribution in [0.4, 0.5) is 0 Å². The lowest BCUT2D eigenvalue weighted by molar-refractivity contribution is -0.144. The molecule has 4 nitrogen and oxygen atoms in total. The van der Waals surface area contributed by atoms with Gasteiger partial charge in [0, 0.05) is 5.70 Å². The monoisotopic (exact) mass is 288 g/mol. The van der Waals surface area contributed by atoms with Crippen LogP contribution in [0.15, 0.2) is 48.7 Å². The molecule has 1 aromatic rings. The van der Waals surface area contributed by atoms with Crippen molar-refractivity contribution < 1.29 is 9.53 Å². The summed E-state index contributed by atoms with van der Waals surface area (Å²) in [4.78, 5) is 11.9. The first-order valence-corrected chi connectivity index (χ1v) is 6.60. The quantitative estimate of drug-likeness (QED) is 0.657. The van der Waals surface area contributed by atoms with E-state index in [4.69, 9.17) is 17.0 Å². The molecule has 20 heavy (non-hydrogen) atoms. The van der Waals surface area contributed by atoms with Crippen LogP contribution in [0, 0.1) is 5.92 Å². The number of methoxy groups -OCH3 is 1. The maximum atomic E-state index is 11.9. The van der Waals surface area contributed by atoms with Crippen molar-refractivity contribution in [3.8, 4) is 0 Å². The van der Waals surface area contributed by atoms with Crippen LogP contribution in [-0.2, 0) is 9.53 Å². The summed E-state index contributed by atoms with van der Waals surface area (Å²) in [7, 11) is 1.36. The minimum atomic E-state index is -0.508. The van der Waals surface area contributed by atoms with Gasteiger partial charge in [-0.05, 0) is 17.8 Å². The van der Waals surface area contributed by atoms with Crippen molar-refractivity contribution in [1.82, 2.24) is 10.6 Å². The second-order valence-electron chi connectivity index (χ2n) is 4.42. The van der Waals surface area contributed by atoms with Gasteiger partial charge in [0.15, 0.2) is 5.11 Å². The van der Waals surface area contributed by atoms with Crippen molar-refractivity contribution >= 4 is 29.4 Å². The molecule has 5 heteroatoms. The SMILES string of the molecule is C=C1NC(=S)N[C@H](/C=C\c2ccccc2)[C@@H]1C(=O)OC. The summed E-state index contributed by atoms with van der Waals surface area (Å²) in [6.45, 7) is 3.85. The predicted octanol–water partition coefficient (Wildman–Crippen LogP) is 1.85. The van der Waals surface area contributed by atoms with Gasteiger partial charge >= 0.3 is 5.97 Å². The Morgan fingerprint density at radius 1 is 1.40 bits per heavy atom. The molecule has 1 aromatic carbocycles. The minimum Gasteiger partial charge on any atom is -0.468 e. The molecule has 2 rings (SSSR count). The second kappa shape index (κ2) is 6.34. The summed E-state index contributed by atoms with van der Waals surface area (Å²) < 4.78 is 4.82. The van der Waals surface area contributed by atoms with E-state index in [-0.39, 0.29) is 12.0 Å². The topological polar surface area (TPSA) is 50.4 Å². The highest BCUT2D eigenvalue weighted by Crippen LogP contribution is 2.19. The lowest BCUT2D eigenvalue weighted by Crippen LogP contribution is -2.54. The third-order valence-electron chi connectivity index (χ3n) is 3.06. The molecular formula is C15H16N2O2S. The van der Waals surface area contributed by atoms with E-state index in [1.54, 1.807) is 0 Å². The van der Waals surface area contributed by atoms with Gasteiger partial charge in [-0.25, -0.2) is 0 Å². The number of nitrogens with one attached hydrogen (secondary N) is 2. The summed E-state index contributed by atoms with van der Waals surface area (Å²) in [5.74, 6) is -0.855. The molecule has 2 atom stereocenters. The van der Waals surface area contributed by atoms with E-state index in [1.807, 2.05) is 42.5 Å². The van der Waals surface area contributed by atoms with E-state index >= 15 is 0 Å². The van der Waals surface area contributed by atoms with E-state index in [1.165, 1.54) is 7.11 Å². The van der Waals surface area contributed by atoms with Crippen molar-refractivity contribution in [3.05, 3.63) is 54.2 Å². The Hall–Kier alpha value is -2.14. The first-order chi connectivity index (χ1) is 9.61. The standard InChI is InChI=1S/C15H16N2O2S/c1-10-13(14(18)19-2)12(17-15(20)16-10)9-8-11-6-4-3-5-7-11/h3-9,12-13H,1H2,2H3,(H2,16,17,20)/b9-8-/t12-,13-/m1/s1. The fourth-order valence-corrected chi connectivity index (χ4v) is 2.33. The molecule has 0 aromatic heterocycles. The summed E-state index contributed by atoms with van der Waals surface area (Å²) in [5, 5.41) is 6.37. The Bertz CT molecular complexity index is 554. The molecule has 2 N–H and O–H groups in total. The van der Waals surface area contributed by atoms with Crippen molar-refractivity contribution in [2.45, 2.75) is 6.04 Å². The fourth-order valence-electron chi connectivity index (χ4n) is 2.07. The minimum absolute atomic E-state index is 0.274. The average Bonchev–Trinajstić information content (AvgIpc) is 2.45. The molecule has 1 heterocycles. The zero-order valence-electron chi connectivity index (χ0n) is 11.1. The molecule has 0 spiro atoms. The number of carbonyl (C=O) groups excluding carboxylic acids is 1. The molecule has 1 saturated heterocycles. The molecule has 0 bridgehead atoms. The smallest absolute Gasteiger partial charge is 0.317 e. The molecule has 0 amide bonds. The van der Waals surface area contributed by atoms with Gasteiger partial charge in [0.25, 0.3) is 0 Å². The number of carbonyl (C=O) groups is 1. The summed E-state index contributed by atoms with van der Waals surface area (Å²) in [6.07, 6.45) is 3.84. The Morgan fingerprint density at radius 2 is 2.10 bits per heavy atom. The summed E-state index contributed by atoms with van der Waals surface area (Å²) in [6, 6.07) is 9.56. The first kappa shape index (κ1) is 14.3. The van der Waals surface area contributed by atoms with E-state index in [0.717, 1.165) is 5.56 Å². The van der Waals surface area contributed by atoms with Crippen molar-refractivity contribution in [3.63, 3.8) is 0 Å². The lowest BCUT2D eigenvalue weighted by Gasteiger charge is -2.32. The van der Waals surface area contributed by atoms with Crippen molar-refractivity contribution in [1.29, 1.82) is 0 Å². The highest BCUT2D eigenvalue weighted by atomic mass is 32.1. The Labute approximate surface area is 123 Å². The van der Waals surface area contributed by atoms with Crippen molar-refractivity contribution in [2.24, 2.45) is 5.92 Å². The van der Waals surface area contributed by atoms with Crippen LogP contribution in [0.25, 0.3) is 6.08 Å². The van der Waals surface area contributed by atoms with Crippen LogP contribution in [0.2, 0.25) is 0 Å². The molecular weight excluding hydrogens is 272 g/mol. The Balaban J connectivity index is 2.21. The predicted molar refractivity (Wildman–Crippen MR) is 82.8 cm³/mol. The maximum Gasteiger partial charge on any atom is 0.317 e. The highest BCUT2D eigenvalue weighted by Gasteiger charge is 2.34.